The van der Waals surface area contributed by atoms with Crippen molar-refractivity contribution in [1.29, 1.82) is 0 Å². The molecule has 0 radical (unpaired) electrons. The van der Waals surface area contributed by atoms with Gasteiger partial charge in [-0.05, 0) is 70.4 Å². The summed E-state index contributed by atoms with van der Waals surface area (Å²) in [6.07, 6.45) is -4.34. The molecule has 1 saturated carbocycles. The van der Waals surface area contributed by atoms with Crippen molar-refractivity contribution < 1.29 is 99.4 Å². The van der Waals surface area contributed by atoms with Crippen molar-refractivity contribution in [3.8, 4) is 5.75 Å². The summed E-state index contributed by atoms with van der Waals surface area (Å²) in [5.41, 5.74) is 2.88. The maximum absolute atomic E-state index is 14.1. The van der Waals surface area contributed by atoms with E-state index in [4.69, 9.17) is 5.73 Å². The van der Waals surface area contributed by atoms with Crippen LogP contribution in [0.2, 0.25) is 0 Å². The first-order valence-corrected chi connectivity index (χ1v) is 14.4. The number of Topliss-reactive ketones (excluding diaryl/α,β-unsaturated/α-hetero) is 2. The Hall–Kier alpha value is -1.55. The van der Waals surface area contributed by atoms with Gasteiger partial charge in [0.1, 0.15) is 22.8 Å². The number of phenols is 1. The standard InChI is InChI=1S/C30H37F3N4O7.K.H2P/c1-35(2)18-11-14(12-37-7-5-15(6-8-37)30(31,32)33)23(38)20-16(18)9-13-10-17-22(36(3)4)25(40)21(28(34)43)27(42)29(17,44)26(41)19(13)24(20)39;;/h11,13,15,17,22,38-39,42,44H,5-10,12H2,1-4H3,(H2,34,43);;1H2/q;+1;-1/t13-,17-,22-,29-;;/m0../s1. The van der Waals surface area contributed by atoms with E-state index in [1.807, 2.05) is 0 Å². The minimum Gasteiger partial charge on any atom is -0.577 e. The van der Waals surface area contributed by atoms with Gasteiger partial charge in [0, 0.05) is 43.4 Å². The smallest absolute Gasteiger partial charge is 0.577 e. The summed E-state index contributed by atoms with van der Waals surface area (Å²) < 4.78 is 39.6. The molecule has 2 fully saturated rings. The molecule has 0 aromatic heterocycles. The predicted molar refractivity (Wildman–Crippen MR) is 162 cm³/mol. The number of benzene rings is 1. The quantitative estimate of drug-likeness (QED) is 0.149. The second-order valence-corrected chi connectivity index (χ2v) is 12.7. The van der Waals surface area contributed by atoms with Crippen LogP contribution in [0, 0.1) is 17.8 Å². The molecule has 3 aliphatic carbocycles. The van der Waals surface area contributed by atoms with E-state index in [1.54, 1.807) is 30.0 Å². The number of aliphatic hydroxyl groups is 3. The maximum Gasteiger partial charge on any atom is 1.00 e. The van der Waals surface area contributed by atoms with Crippen LogP contribution in [0.4, 0.5) is 18.9 Å². The molecule has 0 unspecified atom stereocenters. The molecular formula is C30H39F3KN4O7P. The van der Waals surface area contributed by atoms with Gasteiger partial charge in [0.15, 0.2) is 11.4 Å². The van der Waals surface area contributed by atoms with Gasteiger partial charge in [-0.2, -0.15) is 13.2 Å². The van der Waals surface area contributed by atoms with E-state index in [0.29, 0.717) is 16.8 Å². The van der Waals surface area contributed by atoms with Crippen molar-refractivity contribution in [2.75, 3.05) is 46.2 Å². The summed E-state index contributed by atoms with van der Waals surface area (Å²) in [7, 11) is 6.57. The van der Waals surface area contributed by atoms with Crippen LogP contribution >= 0.6 is 9.90 Å². The van der Waals surface area contributed by atoms with Crippen LogP contribution in [0.5, 0.6) is 5.75 Å². The van der Waals surface area contributed by atoms with E-state index >= 15 is 0 Å². The van der Waals surface area contributed by atoms with Gasteiger partial charge in [0.05, 0.1) is 17.5 Å². The largest absolute Gasteiger partial charge is 1.00 e. The zero-order valence-electron chi connectivity index (χ0n) is 26.5. The topological polar surface area (TPSA) is 168 Å². The minimum atomic E-state index is -4.28. The third-order valence-electron chi connectivity index (χ3n) is 9.70. The molecule has 0 bridgehead atoms. The zero-order valence-corrected chi connectivity index (χ0v) is 30.8. The minimum absolute atomic E-state index is 0. The Balaban J connectivity index is 0.00000288. The normalized spacial score (nSPS) is 27.0. The number of halogens is 3. The third kappa shape index (κ3) is 6.20. The van der Waals surface area contributed by atoms with Gasteiger partial charge in [0.25, 0.3) is 5.91 Å². The van der Waals surface area contributed by atoms with Crippen molar-refractivity contribution in [1.82, 2.24) is 9.80 Å². The van der Waals surface area contributed by atoms with Crippen LogP contribution in [0.25, 0.3) is 5.76 Å². The second kappa shape index (κ2) is 13.8. The fourth-order valence-electron chi connectivity index (χ4n) is 7.52. The Kier molecular flexibility index (Phi) is 11.6. The Labute approximate surface area is 310 Å². The van der Waals surface area contributed by atoms with Crippen LogP contribution in [-0.4, -0.2) is 107 Å². The van der Waals surface area contributed by atoms with Gasteiger partial charge >= 0.3 is 57.6 Å². The molecule has 1 amide bonds. The number of likely N-dealkylation sites (N-methyl/N-ethyl adjacent to an activating group) is 1. The first-order valence-electron chi connectivity index (χ1n) is 14.4. The average Bonchev–Trinajstić information content (AvgIpc) is 2.91. The second-order valence-electron chi connectivity index (χ2n) is 12.7. The van der Waals surface area contributed by atoms with Gasteiger partial charge < -0.3 is 41.0 Å². The van der Waals surface area contributed by atoms with Crippen molar-refractivity contribution in [2.45, 2.75) is 50.0 Å². The Bertz CT molecular complexity index is 1510. The summed E-state index contributed by atoms with van der Waals surface area (Å²) in [5, 5.41) is 45.9. The maximum atomic E-state index is 14.1. The number of phenolic OH excluding ortho intramolecular Hbond substituents is 1. The number of piperidine rings is 1. The number of fused-ring (bicyclic) bond motifs is 3. The molecule has 1 saturated heterocycles. The fourth-order valence-corrected chi connectivity index (χ4v) is 7.52. The summed E-state index contributed by atoms with van der Waals surface area (Å²) >= 11 is 0. The number of nitrogens with two attached hydrogens (primary N) is 1. The summed E-state index contributed by atoms with van der Waals surface area (Å²) in [6.45, 7) is 0.397. The van der Waals surface area contributed by atoms with E-state index in [2.05, 4.69) is 0 Å². The number of carbonyl (C=O) groups is 3. The predicted octanol–water partition coefficient (Wildman–Crippen LogP) is -0.866. The molecule has 1 aromatic rings. The fraction of sp³-hybridized carbons (Fsp3) is 0.567. The summed E-state index contributed by atoms with van der Waals surface area (Å²) in [4.78, 5) is 44.5. The van der Waals surface area contributed by atoms with Gasteiger partial charge in [-0.3, -0.25) is 24.2 Å². The van der Waals surface area contributed by atoms with Crippen molar-refractivity contribution in [3.63, 3.8) is 0 Å². The van der Waals surface area contributed by atoms with E-state index in [9.17, 15) is 48.0 Å². The van der Waals surface area contributed by atoms with E-state index in [1.165, 1.54) is 19.0 Å². The first kappa shape index (κ1) is 38.9. The number of nitrogens with zero attached hydrogens (tertiary/aromatic N) is 3. The van der Waals surface area contributed by atoms with E-state index < -0.39 is 70.1 Å². The molecule has 4 aliphatic rings. The molecule has 1 heterocycles. The summed E-state index contributed by atoms with van der Waals surface area (Å²) in [6, 6.07) is 0.530. The van der Waals surface area contributed by atoms with E-state index in [0.717, 1.165) is 0 Å². The SMILES string of the molecule is CN(C)c1cc(CN2CCC(C(F)(F)F)CC2)c(O)c2c1C[C@H]1C[C@H]3[C@H](N(C)C)C(=O)C(C(N)=O)=C(O)[C@@]3(O)C(=O)C1=C2O.[K+].[PH2-]. The molecule has 248 valence electrons. The zero-order chi connectivity index (χ0) is 32.6. The number of likely N-dealkylation sites (tertiary alicyclic amines) is 1. The number of amides is 1. The molecule has 46 heavy (non-hydrogen) atoms. The van der Waals surface area contributed by atoms with E-state index in [-0.39, 0.29) is 123 Å². The van der Waals surface area contributed by atoms with Crippen LogP contribution in [0.15, 0.2) is 23.0 Å². The number of anilines is 1. The number of alkyl halides is 3. The monoisotopic (exact) mass is 694 g/mol. The molecule has 1 aromatic carbocycles. The van der Waals surface area contributed by atoms with Crippen LogP contribution in [-0.2, 0) is 27.3 Å². The molecule has 16 heteroatoms. The van der Waals surface area contributed by atoms with Crippen LogP contribution in [0.1, 0.15) is 36.0 Å². The van der Waals surface area contributed by atoms with Crippen molar-refractivity contribution >= 4 is 38.8 Å². The number of rotatable bonds is 5. The number of aromatic hydroxyl groups is 1. The van der Waals surface area contributed by atoms with Gasteiger partial charge in [0.2, 0.25) is 5.78 Å². The molecule has 5 rings (SSSR count). The number of primary amides is 1. The number of carbonyl (C=O) groups excluding carboxylic acids is 3. The van der Waals surface area contributed by atoms with Gasteiger partial charge in [-0.25, -0.2) is 0 Å². The first-order chi connectivity index (χ1) is 20.4. The molecule has 4 atom stereocenters. The van der Waals surface area contributed by atoms with Gasteiger partial charge in [-0.1, -0.05) is 0 Å². The Morgan fingerprint density at radius 1 is 1.11 bits per heavy atom. The van der Waals surface area contributed by atoms with Crippen LogP contribution < -0.4 is 62.0 Å². The Morgan fingerprint density at radius 3 is 2.20 bits per heavy atom. The molecule has 0 spiro atoms. The molecular weight excluding hydrogens is 655 g/mol. The Morgan fingerprint density at radius 2 is 1.70 bits per heavy atom. The average molecular weight is 695 g/mol. The third-order valence-corrected chi connectivity index (χ3v) is 9.70. The van der Waals surface area contributed by atoms with Crippen molar-refractivity contribution in [3.05, 3.63) is 39.7 Å². The molecule has 6 N–H and O–H groups in total. The van der Waals surface area contributed by atoms with Gasteiger partial charge in [-0.15, -0.1) is 0 Å². The van der Waals surface area contributed by atoms with Crippen LogP contribution in [0.3, 0.4) is 0 Å². The summed E-state index contributed by atoms with van der Waals surface area (Å²) in [5.74, 6) is -8.67. The molecule has 1 aliphatic heterocycles. The molecule has 11 nitrogen and oxygen atoms in total. The number of ketones is 2. The number of hydrogen-bond donors (Lipinski definition) is 5. The number of aliphatic hydroxyl groups excluding tert-OH is 2. The number of hydrogen-bond acceptors (Lipinski definition) is 10. The van der Waals surface area contributed by atoms with Crippen molar-refractivity contribution in [2.24, 2.45) is 23.5 Å².